The van der Waals surface area contributed by atoms with Crippen LogP contribution in [0.3, 0.4) is 0 Å². The molecule has 1 aliphatic rings. The van der Waals surface area contributed by atoms with Crippen LogP contribution in [0.2, 0.25) is 0 Å². The highest BCUT2D eigenvalue weighted by molar-refractivity contribution is 9.10. The summed E-state index contributed by atoms with van der Waals surface area (Å²) in [7, 11) is 0. The van der Waals surface area contributed by atoms with E-state index in [9.17, 15) is 4.79 Å². The van der Waals surface area contributed by atoms with Gasteiger partial charge in [0, 0.05) is 23.1 Å². The molecule has 0 bridgehead atoms. The van der Waals surface area contributed by atoms with E-state index in [2.05, 4.69) is 56.5 Å². The zero-order chi connectivity index (χ0) is 20.9. The summed E-state index contributed by atoms with van der Waals surface area (Å²) in [5.41, 5.74) is 2.24. The number of hydrogen-bond acceptors (Lipinski definition) is 5. The molecular weight excluding hydrogens is 462 g/mol. The van der Waals surface area contributed by atoms with Gasteiger partial charge in [-0.2, -0.15) is 0 Å². The molecule has 1 unspecified atom stereocenters. The maximum Gasteiger partial charge on any atom is 0.277 e. The molecule has 3 aromatic rings. The van der Waals surface area contributed by atoms with Gasteiger partial charge in [0.2, 0.25) is 11.8 Å². The molecule has 1 aromatic heterocycles. The lowest BCUT2D eigenvalue weighted by atomic mass is 9.90. The molecule has 0 N–H and O–H groups in total. The number of nitrogens with zero attached hydrogens (tertiary/aromatic N) is 3. The van der Waals surface area contributed by atoms with Crippen molar-refractivity contribution in [1.29, 1.82) is 0 Å². The van der Waals surface area contributed by atoms with Crippen LogP contribution in [0, 0.1) is 5.92 Å². The summed E-state index contributed by atoms with van der Waals surface area (Å²) in [6.45, 7) is 3.54. The van der Waals surface area contributed by atoms with Crippen LogP contribution in [0.4, 0.5) is 0 Å². The smallest absolute Gasteiger partial charge is 0.277 e. The highest BCUT2D eigenvalue weighted by Crippen LogP contribution is 2.29. The second kappa shape index (κ2) is 9.79. The predicted octanol–water partition coefficient (Wildman–Crippen LogP) is 5.46. The van der Waals surface area contributed by atoms with Crippen molar-refractivity contribution in [3.63, 3.8) is 0 Å². The number of hydrogen-bond donors (Lipinski definition) is 0. The molecular formula is C23H24BrN3O2S. The van der Waals surface area contributed by atoms with Crippen LogP contribution in [-0.4, -0.2) is 39.3 Å². The first kappa shape index (κ1) is 21.1. The van der Waals surface area contributed by atoms with Gasteiger partial charge in [0.1, 0.15) is 0 Å². The van der Waals surface area contributed by atoms with Crippen molar-refractivity contribution in [2.24, 2.45) is 5.92 Å². The molecule has 4 rings (SSSR count). The number of halogens is 1. The molecule has 0 spiro atoms. The highest BCUT2D eigenvalue weighted by atomic mass is 79.9. The van der Waals surface area contributed by atoms with Gasteiger partial charge in [-0.25, -0.2) is 0 Å². The molecule has 1 aliphatic heterocycles. The van der Waals surface area contributed by atoms with E-state index in [1.54, 1.807) is 0 Å². The zero-order valence-corrected chi connectivity index (χ0v) is 19.2. The summed E-state index contributed by atoms with van der Waals surface area (Å²) in [5, 5.41) is 8.39. The first-order chi connectivity index (χ1) is 14.6. The van der Waals surface area contributed by atoms with Gasteiger partial charge in [-0.3, -0.25) is 4.79 Å². The second-order valence-corrected chi connectivity index (χ2v) is 9.81. The molecule has 2 aromatic carbocycles. The molecule has 7 heteroatoms. The van der Waals surface area contributed by atoms with E-state index in [-0.39, 0.29) is 11.2 Å². The fourth-order valence-electron chi connectivity index (χ4n) is 3.73. The van der Waals surface area contributed by atoms with Gasteiger partial charge in [-0.05, 0) is 61.9 Å². The molecule has 5 nitrogen and oxygen atoms in total. The third-order valence-electron chi connectivity index (χ3n) is 5.42. The van der Waals surface area contributed by atoms with Gasteiger partial charge in [0.15, 0.2) is 0 Å². The first-order valence-corrected chi connectivity index (χ1v) is 11.8. The molecule has 1 saturated heterocycles. The Hall–Kier alpha value is -2.12. The van der Waals surface area contributed by atoms with Crippen LogP contribution in [0.5, 0.6) is 0 Å². The second-order valence-electron chi connectivity index (χ2n) is 7.60. The van der Waals surface area contributed by atoms with Crippen molar-refractivity contribution >= 4 is 33.6 Å². The summed E-state index contributed by atoms with van der Waals surface area (Å²) >= 11 is 4.74. The van der Waals surface area contributed by atoms with Crippen molar-refractivity contribution < 1.29 is 9.21 Å². The van der Waals surface area contributed by atoms with Crippen LogP contribution in [0.25, 0.3) is 11.5 Å². The Kier molecular flexibility index (Phi) is 6.89. The minimum Gasteiger partial charge on any atom is -0.411 e. The van der Waals surface area contributed by atoms with E-state index in [0.29, 0.717) is 17.0 Å². The van der Waals surface area contributed by atoms with Gasteiger partial charge in [0.05, 0.1) is 5.25 Å². The van der Waals surface area contributed by atoms with E-state index < -0.39 is 0 Å². The number of amides is 1. The number of piperidine rings is 1. The maximum absolute atomic E-state index is 12.9. The lowest BCUT2D eigenvalue weighted by Gasteiger charge is -2.33. The average molecular weight is 486 g/mol. The summed E-state index contributed by atoms with van der Waals surface area (Å²) in [6.07, 6.45) is 3.19. The highest BCUT2D eigenvalue weighted by Gasteiger charge is 2.27. The fourth-order valence-corrected chi connectivity index (χ4v) is 4.76. The number of carbonyl (C=O) groups is 1. The molecule has 0 radical (unpaired) electrons. The van der Waals surface area contributed by atoms with Crippen LogP contribution in [0.1, 0.15) is 25.3 Å². The van der Waals surface area contributed by atoms with Gasteiger partial charge in [0.25, 0.3) is 5.22 Å². The lowest BCUT2D eigenvalue weighted by molar-refractivity contribution is -0.131. The predicted molar refractivity (Wildman–Crippen MR) is 122 cm³/mol. The van der Waals surface area contributed by atoms with Crippen LogP contribution >= 0.6 is 27.7 Å². The Morgan fingerprint density at radius 1 is 1.13 bits per heavy atom. The van der Waals surface area contributed by atoms with Crippen molar-refractivity contribution in [1.82, 2.24) is 15.1 Å². The SMILES string of the molecule is CC(Sc1nnc(-c2ccc(Br)cc2)o1)C(=O)N1CCC(Cc2ccccc2)CC1. The molecule has 0 aliphatic carbocycles. The van der Waals surface area contributed by atoms with Gasteiger partial charge in [-0.15, -0.1) is 10.2 Å². The summed E-state index contributed by atoms with van der Waals surface area (Å²) in [5.74, 6) is 1.25. The van der Waals surface area contributed by atoms with E-state index in [4.69, 9.17) is 4.42 Å². The number of thioether (sulfide) groups is 1. The minimum atomic E-state index is -0.256. The quantitative estimate of drug-likeness (QED) is 0.433. The summed E-state index contributed by atoms with van der Waals surface area (Å²) < 4.78 is 6.75. The topological polar surface area (TPSA) is 59.2 Å². The number of benzene rings is 2. The Labute approximate surface area is 189 Å². The van der Waals surface area contributed by atoms with Crippen LogP contribution in [0.15, 0.2) is 68.7 Å². The fraction of sp³-hybridized carbons (Fsp3) is 0.348. The van der Waals surface area contributed by atoms with Crippen molar-refractivity contribution in [3.05, 3.63) is 64.6 Å². The van der Waals surface area contributed by atoms with Gasteiger partial charge < -0.3 is 9.32 Å². The van der Waals surface area contributed by atoms with E-state index in [0.717, 1.165) is 42.4 Å². The molecule has 0 saturated carbocycles. The number of aromatic nitrogens is 2. The van der Waals surface area contributed by atoms with Crippen molar-refractivity contribution in [3.8, 4) is 11.5 Å². The Bertz CT molecular complexity index is 970. The van der Waals surface area contributed by atoms with E-state index in [1.165, 1.54) is 17.3 Å². The van der Waals surface area contributed by atoms with E-state index in [1.807, 2.05) is 36.1 Å². The Morgan fingerprint density at radius 2 is 1.83 bits per heavy atom. The third kappa shape index (κ3) is 5.32. The average Bonchev–Trinajstić information content (AvgIpc) is 3.23. The summed E-state index contributed by atoms with van der Waals surface area (Å²) in [6, 6.07) is 18.3. The van der Waals surface area contributed by atoms with Crippen molar-refractivity contribution in [2.75, 3.05) is 13.1 Å². The van der Waals surface area contributed by atoms with Crippen LogP contribution < -0.4 is 0 Å². The minimum absolute atomic E-state index is 0.140. The third-order valence-corrected chi connectivity index (χ3v) is 6.87. The van der Waals surface area contributed by atoms with Gasteiger partial charge in [-0.1, -0.05) is 58.0 Å². The van der Waals surface area contributed by atoms with Crippen LogP contribution in [-0.2, 0) is 11.2 Å². The zero-order valence-electron chi connectivity index (χ0n) is 16.8. The number of carbonyl (C=O) groups excluding carboxylic acids is 1. The largest absolute Gasteiger partial charge is 0.411 e. The van der Waals surface area contributed by atoms with Crippen molar-refractivity contribution in [2.45, 2.75) is 36.7 Å². The monoisotopic (exact) mass is 485 g/mol. The molecule has 1 amide bonds. The number of rotatable bonds is 6. The molecule has 156 valence electrons. The Morgan fingerprint density at radius 3 is 2.53 bits per heavy atom. The first-order valence-electron chi connectivity index (χ1n) is 10.2. The van der Waals surface area contributed by atoms with E-state index >= 15 is 0 Å². The maximum atomic E-state index is 12.9. The molecule has 2 heterocycles. The normalized spacial score (nSPS) is 15.9. The standard InChI is InChI=1S/C23H24BrN3O2S/c1-16(30-23-26-25-21(29-23)19-7-9-20(24)10-8-19)22(28)27-13-11-18(12-14-27)15-17-5-3-2-4-6-17/h2-10,16,18H,11-15H2,1H3. The summed E-state index contributed by atoms with van der Waals surface area (Å²) in [4.78, 5) is 14.9. The molecule has 1 atom stereocenters. The lowest BCUT2D eigenvalue weighted by Crippen LogP contribution is -2.42. The van der Waals surface area contributed by atoms with Gasteiger partial charge >= 0.3 is 0 Å². The molecule has 1 fully saturated rings. The number of likely N-dealkylation sites (tertiary alicyclic amines) is 1. The molecule has 30 heavy (non-hydrogen) atoms. The Balaban J connectivity index is 1.29.